The zero-order chi connectivity index (χ0) is 24.7. The van der Waals surface area contributed by atoms with Gasteiger partial charge in [0.15, 0.2) is 0 Å². The summed E-state index contributed by atoms with van der Waals surface area (Å²) in [5, 5.41) is 0. The maximum atomic E-state index is 13.4. The Morgan fingerprint density at radius 3 is 2.00 bits per heavy atom. The van der Waals surface area contributed by atoms with E-state index in [9.17, 15) is 26.4 Å². The van der Waals surface area contributed by atoms with Gasteiger partial charge in [-0.1, -0.05) is 36.4 Å². The van der Waals surface area contributed by atoms with Crippen molar-refractivity contribution in [3.63, 3.8) is 0 Å². The number of hydrogen-bond acceptors (Lipinski definition) is 3. The minimum absolute atomic E-state index is 0.0177. The highest BCUT2D eigenvalue weighted by atomic mass is 32.2. The molecule has 184 valence electrons. The van der Waals surface area contributed by atoms with E-state index in [1.54, 1.807) is 4.90 Å². The lowest BCUT2D eigenvalue weighted by molar-refractivity contribution is -0.138. The lowest BCUT2D eigenvalue weighted by Gasteiger charge is -2.40. The van der Waals surface area contributed by atoms with Gasteiger partial charge in [-0.3, -0.25) is 4.79 Å². The molecule has 0 atom stereocenters. The Morgan fingerprint density at radius 2 is 1.44 bits per heavy atom. The van der Waals surface area contributed by atoms with E-state index in [4.69, 9.17) is 0 Å². The Morgan fingerprint density at radius 1 is 0.882 bits per heavy atom. The van der Waals surface area contributed by atoms with E-state index in [2.05, 4.69) is 0 Å². The van der Waals surface area contributed by atoms with Gasteiger partial charge in [0.1, 0.15) is 0 Å². The molecule has 2 aromatic carbocycles. The van der Waals surface area contributed by atoms with Gasteiger partial charge in [-0.2, -0.15) is 17.5 Å². The van der Waals surface area contributed by atoms with Crippen molar-refractivity contribution >= 4 is 15.9 Å². The fourth-order valence-electron chi connectivity index (χ4n) is 4.67. The molecule has 9 heteroatoms. The Balaban J connectivity index is 1.51. The van der Waals surface area contributed by atoms with Crippen molar-refractivity contribution in [2.24, 2.45) is 0 Å². The number of carbonyl (C=O) groups excluding carboxylic acids is 1. The van der Waals surface area contributed by atoms with Gasteiger partial charge in [0.2, 0.25) is 15.9 Å². The number of benzene rings is 2. The second kappa shape index (κ2) is 9.00. The summed E-state index contributed by atoms with van der Waals surface area (Å²) >= 11 is 0. The lowest BCUT2D eigenvalue weighted by atomic mass is 9.82. The van der Waals surface area contributed by atoms with Crippen LogP contribution in [0.1, 0.15) is 50.7 Å². The molecule has 0 N–H and O–H groups in total. The number of amides is 1. The molecule has 1 saturated carbocycles. The molecule has 1 amide bonds. The van der Waals surface area contributed by atoms with Gasteiger partial charge in [-0.15, -0.1) is 0 Å². The van der Waals surface area contributed by atoms with E-state index in [0.717, 1.165) is 17.7 Å². The van der Waals surface area contributed by atoms with Crippen molar-refractivity contribution in [3.8, 4) is 0 Å². The molecule has 0 bridgehead atoms. The van der Waals surface area contributed by atoms with Crippen LogP contribution < -0.4 is 0 Å². The minimum atomic E-state index is -4.62. The fourth-order valence-corrected chi connectivity index (χ4v) is 6.65. The summed E-state index contributed by atoms with van der Waals surface area (Å²) in [4.78, 5) is 14.7. The van der Waals surface area contributed by atoms with Crippen LogP contribution in [0.3, 0.4) is 0 Å². The molecule has 1 saturated heterocycles. The molecule has 34 heavy (non-hydrogen) atoms. The van der Waals surface area contributed by atoms with Crippen LogP contribution in [0.2, 0.25) is 0 Å². The molecule has 1 heterocycles. The zero-order valence-corrected chi connectivity index (χ0v) is 20.1. The zero-order valence-electron chi connectivity index (χ0n) is 19.3. The number of halogens is 3. The molecule has 5 nitrogen and oxygen atoms in total. The van der Waals surface area contributed by atoms with Gasteiger partial charge in [-0.05, 0) is 63.3 Å². The molecule has 2 aromatic rings. The van der Waals surface area contributed by atoms with Crippen LogP contribution in [0.5, 0.6) is 0 Å². The average molecular weight is 495 g/mol. The summed E-state index contributed by atoms with van der Waals surface area (Å²) in [5.41, 5.74) is -0.782. The molecule has 1 aliphatic heterocycles. The summed E-state index contributed by atoms with van der Waals surface area (Å²) in [6, 6.07) is 12.9. The Labute approximate surface area is 198 Å². The van der Waals surface area contributed by atoms with Gasteiger partial charge in [0.05, 0.1) is 15.9 Å². The largest absolute Gasteiger partial charge is 0.416 e. The summed E-state index contributed by atoms with van der Waals surface area (Å²) in [7, 11) is -4.10. The monoisotopic (exact) mass is 494 g/mol. The quantitative estimate of drug-likeness (QED) is 0.578. The van der Waals surface area contributed by atoms with Crippen molar-refractivity contribution in [2.45, 2.75) is 68.1 Å². The fraction of sp³-hybridized carbons (Fsp3) is 0.480. The number of nitrogens with zero attached hydrogens (tertiary/aromatic N) is 2. The first-order valence-electron chi connectivity index (χ1n) is 11.5. The average Bonchev–Trinajstić information content (AvgIpc) is 3.64. The van der Waals surface area contributed by atoms with E-state index in [0.29, 0.717) is 44.8 Å². The molecule has 0 aromatic heterocycles. The van der Waals surface area contributed by atoms with Crippen LogP contribution in [0.15, 0.2) is 59.5 Å². The third kappa shape index (κ3) is 4.86. The minimum Gasteiger partial charge on any atom is -0.342 e. The number of piperidine rings is 1. The molecule has 0 radical (unpaired) electrons. The summed E-state index contributed by atoms with van der Waals surface area (Å²) in [6.45, 7) is 4.57. The van der Waals surface area contributed by atoms with Crippen molar-refractivity contribution in [1.82, 2.24) is 9.21 Å². The van der Waals surface area contributed by atoms with E-state index in [1.165, 1.54) is 10.4 Å². The third-order valence-electron chi connectivity index (χ3n) is 6.79. The molecule has 1 aliphatic carbocycles. The van der Waals surface area contributed by atoms with Crippen LogP contribution in [0.4, 0.5) is 13.2 Å². The molecule has 2 aliphatic rings. The highest BCUT2D eigenvalue weighted by Crippen LogP contribution is 2.38. The smallest absolute Gasteiger partial charge is 0.342 e. The summed E-state index contributed by atoms with van der Waals surface area (Å²) < 4.78 is 67.8. The second-order valence-corrected chi connectivity index (χ2v) is 11.4. The van der Waals surface area contributed by atoms with Crippen LogP contribution >= 0.6 is 0 Å². The molecular weight excluding hydrogens is 465 g/mol. The third-order valence-corrected chi connectivity index (χ3v) is 8.79. The Kier molecular flexibility index (Phi) is 6.54. The highest BCUT2D eigenvalue weighted by Gasteiger charge is 2.45. The van der Waals surface area contributed by atoms with Crippen LogP contribution in [-0.4, -0.2) is 48.7 Å². The number of likely N-dealkylation sites (tertiary alicyclic amines) is 1. The second-order valence-electron chi connectivity index (χ2n) is 9.61. The molecule has 0 spiro atoms. The van der Waals surface area contributed by atoms with Crippen LogP contribution in [-0.2, 0) is 26.4 Å². The molecule has 2 fully saturated rings. The van der Waals surface area contributed by atoms with E-state index >= 15 is 0 Å². The van der Waals surface area contributed by atoms with Gasteiger partial charge < -0.3 is 4.90 Å². The van der Waals surface area contributed by atoms with E-state index in [-0.39, 0.29) is 22.9 Å². The number of hydrogen-bond donors (Lipinski definition) is 0. The van der Waals surface area contributed by atoms with E-state index in [1.807, 2.05) is 44.2 Å². The Bertz CT molecular complexity index is 1140. The van der Waals surface area contributed by atoms with Crippen molar-refractivity contribution < 1.29 is 26.4 Å². The van der Waals surface area contributed by atoms with Crippen LogP contribution in [0, 0.1) is 0 Å². The van der Waals surface area contributed by atoms with Gasteiger partial charge in [0.25, 0.3) is 0 Å². The first kappa shape index (κ1) is 24.7. The lowest BCUT2D eigenvalue weighted by Crippen LogP contribution is -2.52. The van der Waals surface area contributed by atoms with Crippen molar-refractivity contribution in [2.75, 3.05) is 13.1 Å². The summed E-state index contributed by atoms with van der Waals surface area (Å²) in [6.07, 6.45) is -2.33. The van der Waals surface area contributed by atoms with Crippen molar-refractivity contribution in [1.29, 1.82) is 0 Å². The summed E-state index contributed by atoms with van der Waals surface area (Å²) in [5.74, 6) is -0.0177. The van der Waals surface area contributed by atoms with Crippen LogP contribution in [0.25, 0.3) is 0 Å². The van der Waals surface area contributed by atoms with Gasteiger partial charge >= 0.3 is 6.18 Å². The predicted molar refractivity (Wildman–Crippen MR) is 123 cm³/mol. The predicted octanol–water partition coefficient (Wildman–Crippen LogP) is 4.83. The number of carbonyl (C=O) groups is 1. The van der Waals surface area contributed by atoms with E-state index < -0.39 is 27.2 Å². The topological polar surface area (TPSA) is 57.7 Å². The van der Waals surface area contributed by atoms with Crippen molar-refractivity contribution in [3.05, 3.63) is 65.7 Å². The standard InChI is InChI=1S/C25H29F3N2O3S/c1-24(2,18-7-4-3-5-8-18)23(31)29-15-13-21(14-16-29)30(20-11-12-20)34(32,33)22-10-6-9-19(17-22)25(26,27)28/h3-10,17,20-21H,11-16H2,1-2H3. The highest BCUT2D eigenvalue weighted by molar-refractivity contribution is 7.89. The normalized spacial score (nSPS) is 18.4. The van der Waals surface area contributed by atoms with Gasteiger partial charge in [0, 0.05) is 25.2 Å². The number of sulfonamides is 1. The molecular formula is C25H29F3N2O3S. The maximum absolute atomic E-state index is 13.4. The number of rotatable bonds is 6. The number of alkyl halides is 3. The maximum Gasteiger partial charge on any atom is 0.416 e. The first-order valence-corrected chi connectivity index (χ1v) is 12.9. The first-order chi connectivity index (χ1) is 15.9. The van der Waals surface area contributed by atoms with Gasteiger partial charge in [-0.25, -0.2) is 8.42 Å². The molecule has 4 rings (SSSR count). The Hall–Kier alpha value is -2.39. The SMILES string of the molecule is CC(C)(C(=O)N1CCC(N(C2CC2)S(=O)(=O)c2cccc(C(F)(F)F)c2)CC1)c1ccccc1. The molecule has 0 unspecified atom stereocenters.